The van der Waals surface area contributed by atoms with Crippen LogP contribution in [-0.4, -0.2) is 23.9 Å². The minimum atomic E-state index is -0.656. The lowest BCUT2D eigenvalue weighted by Crippen LogP contribution is -2.36. The Morgan fingerprint density at radius 2 is 2.19 bits per heavy atom. The highest BCUT2D eigenvalue weighted by molar-refractivity contribution is 5.49. The quantitative estimate of drug-likeness (QED) is 0.653. The van der Waals surface area contributed by atoms with Crippen molar-refractivity contribution >= 4 is 5.69 Å². The number of hydrogen-bond acceptors (Lipinski definition) is 4. The molecule has 1 atom stereocenters. The zero-order valence-electron chi connectivity index (χ0n) is 9.57. The van der Waals surface area contributed by atoms with Gasteiger partial charge < -0.3 is 15.7 Å². The molecule has 0 aliphatic rings. The minimum absolute atomic E-state index is 0.335. The molecule has 1 unspecified atom stereocenters. The number of rotatable bonds is 5. The van der Waals surface area contributed by atoms with Crippen LogP contribution in [0.5, 0.6) is 0 Å². The van der Waals surface area contributed by atoms with Crippen molar-refractivity contribution in [1.82, 2.24) is 5.32 Å². The van der Waals surface area contributed by atoms with Gasteiger partial charge in [-0.2, -0.15) is 5.26 Å². The van der Waals surface area contributed by atoms with Gasteiger partial charge in [-0.1, -0.05) is 19.9 Å². The first-order chi connectivity index (χ1) is 7.61. The highest BCUT2D eigenvalue weighted by Gasteiger charge is 2.04. The molecule has 0 saturated carbocycles. The van der Waals surface area contributed by atoms with Gasteiger partial charge in [0, 0.05) is 18.3 Å². The van der Waals surface area contributed by atoms with Gasteiger partial charge in [0.1, 0.15) is 6.23 Å². The van der Waals surface area contributed by atoms with E-state index >= 15 is 0 Å². The second-order valence-corrected chi connectivity index (χ2v) is 3.92. The molecular formula is C12H17N3O. The number of hydrogen-bond donors (Lipinski definition) is 3. The summed E-state index contributed by atoms with van der Waals surface area (Å²) >= 11 is 0. The summed E-state index contributed by atoms with van der Waals surface area (Å²) < 4.78 is 0. The van der Waals surface area contributed by atoms with E-state index in [9.17, 15) is 5.11 Å². The molecule has 0 bridgehead atoms. The van der Waals surface area contributed by atoms with Crippen molar-refractivity contribution in [2.24, 2.45) is 0 Å². The highest BCUT2D eigenvalue weighted by Crippen LogP contribution is 2.10. The molecule has 0 aromatic heterocycles. The maximum atomic E-state index is 9.66. The number of nitrogens with one attached hydrogen (secondary N) is 2. The van der Waals surface area contributed by atoms with Crippen LogP contribution in [0.2, 0.25) is 0 Å². The molecule has 86 valence electrons. The van der Waals surface area contributed by atoms with E-state index in [2.05, 4.69) is 16.7 Å². The zero-order valence-corrected chi connectivity index (χ0v) is 9.57. The highest BCUT2D eigenvalue weighted by atomic mass is 16.3. The maximum Gasteiger partial charge on any atom is 0.137 e. The van der Waals surface area contributed by atoms with Crippen molar-refractivity contribution in [3.8, 4) is 6.07 Å². The lowest BCUT2D eigenvalue weighted by atomic mass is 10.2. The molecule has 0 fully saturated rings. The van der Waals surface area contributed by atoms with Gasteiger partial charge in [0.15, 0.2) is 0 Å². The number of benzene rings is 1. The molecule has 16 heavy (non-hydrogen) atoms. The van der Waals surface area contributed by atoms with Crippen molar-refractivity contribution in [3.63, 3.8) is 0 Å². The van der Waals surface area contributed by atoms with Gasteiger partial charge in [0.2, 0.25) is 0 Å². The lowest BCUT2D eigenvalue weighted by molar-refractivity contribution is 0.196. The van der Waals surface area contributed by atoms with Gasteiger partial charge in [-0.05, 0) is 18.2 Å². The summed E-state index contributed by atoms with van der Waals surface area (Å²) in [7, 11) is 0. The molecule has 0 amide bonds. The van der Waals surface area contributed by atoms with Gasteiger partial charge in [0.25, 0.3) is 0 Å². The molecule has 3 N–H and O–H groups in total. The fourth-order valence-corrected chi connectivity index (χ4v) is 1.27. The average Bonchev–Trinajstić information content (AvgIpc) is 2.26. The van der Waals surface area contributed by atoms with Gasteiger partial charge >= 0.3 is 0 Å². The van der Waals surface area contributed by atoms with Crippen LogP contribution >= 0.6 is 0 Å². The molecule has 0 spiro atoms. The molecule has 0 aliphatic heterocycles. The van der Waals surface area contributed by atoms with E-state index in [1.54, 1.807) is 18.2 Å². The van der Waals surface area contributed by atoms with Gasteiger partial charge in [-0.25, -0.2) is 0 Å². The van der Waals surface area contributed by atoms with Crippen LogP contribution in [0.25, 0.3) is 0 Å². The van der Waals surface area contributed by atoms with Crippen molar-refractivity contribution in [3.05, 3.63) is 29.8 Å². The van der Waals surface area contributed by atoms with Crippen LogP contribution < -0.4 is 10.6 Å². The van der Waals surface area contributed by atoms with Gasteiger partial charge in [0.05, 0.1) is 11.6 Å². The lowest BCUT2D eigenvalue weighted by Gasteiger charge is -2.16. The Kier molecular flexibility index (Phi) is 4.77. The predicted molar refractivity (Wildman–Crippen MR) is 63.9 cm³/mol. The number of aliphatic hydroxyl groups is 1. The Morgan fingerprint density at radius 3 is 2.81 bits per heavy atom. The second kappa shape index (κ2) is 6.11. The van der Waals surface area contributed by atoms with Crippen LogP contribution in [0.3, 0.4) is 0 Å². The Morgan fingerprint density at radius 1 is 1.44 bits per heavy atom. The molecule has 4 heteroatoms. The number of anilines is 1. The number of aliphatic hydroxyl groups excluding tert-OH is 1. The molecule has 4 nitrogen and oxygen atoms in total. The van der Waals surface area contributed by atoms with E-state index in [1.807, 2.05) is 19.9 Å². The zero-order chi connectivity index (χ0) is 12.0. The van der Waals surface area contributed by atoms with Crippen LogP contribution in [0, 0.1) is 11.3 Å². The Balaban J connectivity index is 2.49. The molecule has 1 aromatic rings. The van der Waals surface area contributed by atoms with Crippen molar-refractivity contribution < 1.29 is 5.11 Å². The van der Waals surface area contributed by atoms with Gasteiger partial charge in [-0.3, -0.25) is 0 Å². The summed E-state index contributed by atoms with van der Waals surface area (Å²) in [5.74, 6) is 0. The third kappa shape index (κ3) is 4.30. The predicted octanol–water partition coefficient (Wildman–Crippen LogP) is 1.29. The van der Waals surface area contributed by atoms with E-state index < -0.39 is 6.23 Å². The number of nitriles is 1. The van der Waals surface area contributed by atoms with E-state index in [1.165, 1.54) is 0 Å². The second-order valence-electron chi connectivity index (χ2n) is 3.92. The summed E-state index contributed by atoms with van der Waals surface area (Å²) in [6.45, 7) is 4.50. The topological polar surface area (TPSA) is 68.1 Å². The summed E-state index contributed by atoms with van der Waals surface area (Å²) in [4.78, 5) is 0. The third-order valence-electron chi connectivity index (χ3n) is 2.04. The van der Waals surface area contributed by atoms with E-state index in [-0.39, 0.29) is 0 Å². The Labute approximate surface area is 95.9 Å². The normalized spacial score (nSPS) is 12.2. The standard InChI is InChI=1S/C12H17N3O/c1-9(2)14-8-12(16)15-11-5-3-4-10(6-11)7-13/h3-6,9,12,14-16H,8H2,1-2H3. The first kappa shape index (κ1) is 12.5. The van der Waals surface area contributed by atoms with Crippen LogP contribution in [-0.2, 0) is 0 Å². The maximum absolute atomic E-state index is 9.66. The van der Waals surface area contributed by atoms with Crippen molar-refractivity contribution in [1.29, 1.82) is 5.26 Å². The monoisotopic (exact) mass is 219 g/mol. The summed E-state index contributed by atoms with van der Waals surface area (Å²) in [6.07, 6.45) is -0.656. The third-order valence-corrected chi connectivity index (χ3v) is 2.04. The molecule has 0 heterocycles. The van der Waals surface area contributed by atoms with Crippen LogP contribution in [0.4, 0.5) is 5.69 Å². The van der Waals surface area contributed by atoms with Gasteiger partial charge in [-0.15, -0.1) is 0 Å². The minimum Gasteiger partial charge on any atom is -0.372 e. The van der Waals surface area contributed by atoms with Crippen LogP contribution in [0.1, 0.15) is 19.4 Å². The van der Waals surface area contributed by atoms with E-state index in [4.69, 9.17) is 5.26 Å². The summed E-state index contributed by atoms with van der Waals surface area (Å²) in [6, 6.07) is 9.42. The molecule has 1 rings (SSSR count). The first-order valence-corrected chi connectivity index (χ1v) is 5.30. The SMILES string of the molecule is CC(C)NCC(O)Nc1cccc(C#N)c1. The Bertz CT molecular complexity index is 371. The van der Waals surface area contributed by atoms with Crippen LogP contribution in [0.15, 0.2) is 24.3 Å². The molecular weight excluding hydrogens is 202 g/mol. The summed E-state index contributed by atoms with van der Waals surface area (Å²) in [5.41, 5.74) is 1.33. The fraction of sp³-hybridized carbons (Fsp3) is 0.417. The molecule has 1 aromatic carbocycles. The first-order valence-electron chi connectivity index (χ1n) is 5.30. The van der Waals surface area contributed by atoms with E-state index in [0.717, 1.165) is 5.69 Å². The Hall–Kier alpha value is -1.57. The van der Waals surface area contributed by atoms with Crippen molar-refractivity contribution in [2.45, 2.75) is 26.1 Å². The van der Waals surface area contributed by atoms with Crippen molar-refractivity contribution in [2.75, 3.05) is 11.9 Å². The van der Waals surface area contributed by atoms with E-state index in [0.29, 0.717) is 18.2 Å². The summed E-state index contributed by atoms with van der Waals surface area (Å²) in [5, 5.41) is 24.4. The number of nitrogens with zero attached hydrogens (tertiary/aromatic N) is 1. The smallest absolute Gasteiger partial charge is 0.137 e. The average molecular weight is 219 g/mol. The fourth-order valence-electron chi connectivity index (χ4n) is 1.27. The molecule has 0 radical (unpaired) electrons. The molecule has 0 aliphatic carbocycles. The largest absolute Gasteiger partial charge is 0.372 e. The molecule has 0 saturated heterocycles.